The van der Waals surface area contributed by atoms with E-state index in [1.807, 2.05) is 6.92 Å². The highest BCUT2D eigenvalue weighted by atomic mass is 15.3. The van der Waals surface area contributed by atoms with Crippen molar-refractivity contribution in [1.29, 1.82) is 0 Å². The lowest BCUT2D eigenvalue weighted by molar-refractivity contribution is 0.192. The largest absolute Gasteiger partial charge is 0.315 e. The highest BCUT2D eigenvalue weighted by molar-refractivity contribution is 4.95. The molecule has 0 bridgehead atoms. The first kappa shape index (κ1) is 13.5. The fourth-order valence-corrected chi connectivity index (χ4v) is 2.76. The molecule has 1 aliphatic heterocycles. The van der Waals surface area contributed by atoms with Gasteiger partial charge in [-0.1, -0.05) is 6.92 Å². The van der Waals surface area contributed by atoms with Gasteiger partial charge in [-0.25, -0.2) is 0 Å². The zero-order valence-corrected chi connectivity index (χ0v) is 11.8. The average molecular weight is 251 g/mol. The van der Waals surface area contributed by atoms with Gasteiger partial charge in [-0.2, -0.15) is 0 Å². The summed E-state index contributed by atoms with van der Waals surface area (Å²) in [6.07, 6.45) is 2.44. The molecule has 5 nitrogen and oxygen atoms in total. The molecule has 1 saturated heterocycles. The van der Waals surface area contributed by atoms with Crippen LogP contribution >= 0.6 is 0 Å². The predicted octanol–water partition coefficient (Wildman–Crippen LogP) is 1.18. The lowest BCUT2D eigenvalue weighted by atomic mass is 10.2. The maximum absolute atomic E-state index is 4.33. The molecule has 0 aromatic carbocycles. The quantitative estimate of drug-likeness (QED) is 0.824. The minimum Gasteiger partial charge on any atom is -0.315 e. The normalized spacial score (nSPS) is 19.9. The second-order valence-electron chi connectivity index (χ2n) is 5.02. The Balaban J connectivity index is 2.07. The number of nitrogens with zero attached hydrogens (tertiary/aromatic N) is 4. The summed E-state index contributed by atoms with van der Waals surface area (Å²) in [6, 6.07) is 0.660. The van der Waals surface area contributed by atoms with Crippen molar-refractivity contribution in [1.82, 2.24) is 25.0 Å². The molecule has 102 valence electrons. The van der Waals surface area contributed by atoms with Crippen LogP contribution in [0.2, 0.25) is 0 Å². The zero-order valence-electron chi connectivity index (χ0n) is 11.8. The summed E-state index contributed by atoms with van der Waals surface area (Å²) in [5.74, 6) is 2.13. The van der Waals surface area contributed by atoms with Crippen molar-refractivity contribution in [2.24, 2.45) is 0 Å². The maximum Gasteiger partial charge on any atom is 0.147 e. The molecule has 5 heteroatoms. The molecule has 0 saturated carbocycles. The standard InChI is InChI=1S/C13H25N5/c1-4-8-17(12-6-7-14-9-12)10-13-16-15-11(3)18(13)5-2/h12,14H,4-10H2,1-3H3. The van der Waals surface area contributed by atoms with Crippen LogP contribution in [0.5, 0.6) is 0 Å². The second kappa shape index (κ2) is 6.29. The number of nitrogens with one attached hydrogen (secondary N) is 1. The van der Waals surface area contributed by atoms with Crippen molar-refractivity contribution in [3.05, 3.63) is 11.6 Å². The van der Waals surface area contributed by atoms with E-state index in [9.17, 15) is 0 Å². The van der Waals surface area contributed by atoms with E-state index < -0.39 is 0 Å². The van der Waals surface area contributed by atoms with Crippen LogP contribution in [-0.2, 0) is 13.1 Å². The molecular formula is C13H25N5. The van der Waals surface area contributed by atoms with Crippen LogP contribution in [0, 0.1) is 6.92 Å². The van der Waals surface area contributed by atoms with Gasteiger partial charge in [0.2, 0.25) is 0 Å². The Morgan fingerprint density at radius 2 is 2.22 bits per heavy atom. The molecule has 1 N–H and O–H groups in total. The van der Waals surface area contributed by atoms with Crippen LogP contribution in [-0.4, -0.2) is 45.3 Å². The molecule has 0 amide bonds. The third-order valence-corrected chi connectivity index (χ3v) is 3.73. The first-order valence-corrected chi connectivity index (χ1v) is 7.09. The minimum absolute atomic E-state index is 0.660. The Kier molecular flexibility index (Phi) is 4.72. The summed E-state index contributed by atoms with van der Waals surface area (Å²) in [7, 11) is 0. The SMILES string of the molecule is CCCN(Cc1nnc(C)n1CC)C1CCNC1. The van der Waals surface area contributed by atoms with Crippen molar-refractivity contribution in [2.45, 2.75) is 52.7 Å². The summed E-state index contributed by atoms with van der Waals surface area (Å²) >= 11 is 0. The van der Waals surface area contributed by atoms with Gasteiger partial charge in [0.15, 0.2) is 0 Å². The lowest BCUT2D eigenvalue weighted by Gasteiger charge is -2.27. The van der Waals surface area contributed by atoms with Crippen LogP contribution in [0.4, 0.5) is 0 Å². The summed E-state index contributed by atoms with van der Waals surface area (Å²) in [6.45, 7) is 11.7. The van der Waals surface area contributed by atoms with Gasteiger partial charge in [0.1, 0.15) is 11.6 Å². The van der Waals surface area contributed by atoms with Crippen molar-refractivity contribution in [3.63, 3.8) is 0 Å². The zero-order chi connectivity index (χ0) is 13.0. The maximum atomic E-state index is 4.33. The van der Waals surface area contributed by atoms with E-state index in [1.165, 1.54) is 12.8 Å². The molecule has 1 unspecified atom stereocenters. The van der Waals surface area contributed by atoms with Gasteiger partial charge >= 0.3 is 0 Å². The number of hydrogen-bond donors (Lipinski definition) is 1. The molecule has 2 heterocycles. The monoisotopic (exact) mass is 251 g/mol. The van der Waals surface area contributed by atoms with E-state index >= 15 is 0 Å². The van der Waals surface area contributed by atoms with Crippen LogP contribution in [0.3, 0.4) is 0 Å². The minimum atomic E-state index is 0.660. The second-order valence-corrected chi connectivity index (χ2v) is 5.02. The van der Waals surface area contributed by atoms with Crippen molar-refractivity contribution in [2.75, 3.05) is 19.6 Å². The first-order valence-electron chi connectivity index (χ1n) is 7.09. The van der Waals surface area contributed by atoms with Gasteiger partial charge in [-0.05, 0) is 39.8 Å². The van der Waals surface area contributed by atoms with E-state index in [2.05, 4.69) is 38.8 Å². The van der Waals surface area contributed by atoms with E-state index in [-0.39, 0.29) is 0 Å². The summed E-state index contributed by atoms with van der Waals surface area (Å²) < 4.78 is 2.21. The lowest BCUT2D eigenvalue weighted by Crippen LogP contribution is -2.37. The molecule has 0 aliphatic carbocycles. The van der Waals surface area contributed by atoms with Gasteiger partial charge in [-0.15, -0.1) is 10.2 Å². The summed E-state index contributed by atoms with van der Waals surface area (Å²) in [5.41, 5.74) is 0. The van der Waals surface area contributed by atoms with Gasteiger partial charge in [0.25, 0.3) is 0 Å². The molecular weight excluding hydrogens is 226 g/mol. The van der Waals surface area contributed by atoms with Crippen LogP contribution in [0.15, 0.2) is 0 Å². The Bertz CT molecular complexity index is 367. The highest BCUT2D eigenvalue weighted by Gasteiger charge is 2.23. The smallest absolute Gasteiger partial charge is 0.147 e. The summed E-state index contributed by atoms with van der Waals surface area (Å²) in [5, 5.41) is 12.0. The third kappa shape index (κ3) is 2.90. The number of rotatable bonds is 6. The van der Waals surface area contributed by atoms with Gasteiger partial charge in [0, 0.05) is 19.1 Å². The topological polar surface area (TPSA) is 46.0 Å². The Morgan fingerprint density at radius 3 is 2.83 bits per heavy atom. The molecule has 1 atom stereocenters. The summed E-state index contributed by atoms with van der Waals surface area (Å²) in [4.78, 5) is 2.55. The number of hydrogen-bond acceptors (Lipinski definition) is 4. The molecule has 0 radical (unpaired) electrons. The van der Waals surface area contributed by atoms with Crippen LogP contribution < -0.4 is 5.32 Å². The third-order valence-electron chi connectivity index (χ3n) is 3.73. The molecule has 2 rings (SSSR count). The molecule has 1 fully saturated rings. The number of aryl methyl sites for hydroxylation is 1. The van der Waals surface area contributed by atoms with Gasteiger partial charge < -0.3 is 9.88 Å². The predicted molar refractivity (Wildman–Crippen MR) is 72.4 cm³/mol. The molecule has 1 aliphatic rings. The molecule has 0 spiro atoms. The van der Waals surface area contributed by atoms with E-state index in [0.717, 1.165) is 44.4 Å². The Labute approximate surface area is 110 Å². The highest BCUT2D eigenvalue weighted by Crippen LogP contribution is 2.13. The Morgan fingerprint density at radius 1 is 1.39 bits per heavy atom. The molecule has 1 aromatic rings. The molecule has 1 aromatic heterocycles. The van der Waals surface area contributed by atoms with E-state index in [4.69, 9.17) is 0 Å². The molecule has 18 heavy (non-hydrogen) atoms. The van der Waals surface area contributed by atoms with Crippen LogP contribution in [0.1, 0.15) is 38.3 Å². The van der Waals surface area contributed by atoms with Crippen molar-refractivity contribution >= 4 is 0 Å². The van der Waals surface area contributed by atoms with Crippen molar-refractivity contribution in [3.8, 4) is 0 Å². The Hall–Kier alpha value is -0.940. The van der Waals surface area contributed by atoms with E-state index in [0.29, 0.717) is 6.04 Å². The number of aromatic nitrogens is 3. The van der Waals surface area contributed by atoms with Crippen LogP contribution in [0.25, 0.3) is 0 Å². The van der Waals surface area contributed by atoms with Crippen molar-refractivity contribution < 1.29 is 0 Å². The first-order chi connectivity index (χ1) is 8.76. The average Bonchev–Trinajstić information content (AvgIpc) is 2.98. The fourth-order valence-electron chi connectivity index (χ4n) is 2.76. The van der Waals surface area contributed by atoms with E-state index in [1.54, 1.807) is 0 Å². The van der Waals surface area contributed by atoms with Gasteiger partial charge in [-0.3, -0.25) is 4.90 Å². The van der Waals surface area contributed by atoms with Gasteiger partial charge in [0.05, 0.1) is 6.54 Å². The fraction of sp³-hybridized carbons (Fsp3) is 0.846.